The van der Waals surface area contributed by atoms with Gasteiger partial charge >= 0.3 is 5.97 Å². The number of carboxylic acids is 1. The molecule has 7 heteroatoms. The molecule has 0 aromatic heterocycles. The van der Waals surface area contributed by atoms with Gasteiger partial charge in [0.2, 0.25) is 5.91 Å². The van der Waals surface area contributed by atoms with Crippen molar-refractivity contribution in [3.8, 4) is 11.1 Å². The average molecular weight is 390 g/mol. The minimum Gasteiger partial charge on any atom is -0.481 e. The number of carboxylic acid groups (broad SMARTS) is 1. The Kier molecular flexibility index (Phi) is 6.85. The normalized spacial score (nSPS) is 11.9. The van der Waals surface area contributed by atoms with Gasteiger partial charge in [-0.1, -0.05) is 17.7 Å². The van der Waals surface area contributed by atoms with Crippen molar-refractivity contribution in [3.05, 3.63) is 58.2 Å². The van der Waals surface area contributed by atoms with Crippen LogP contribution in [0, 0.1) is 32.4 Å². The molecule has 0 saturated carbocycles. The van der Waals surface area contributed by atoms with E-state index in [1.165, 1.54) is 6.07 Å². The molecule has 2 aromatic carbocycles. The highest BCUT2D eigenvalue weighted by molar-refractivity contribution is 5.80. The third-order valence-electron chi connectivity index (χ3n) is 4.45. The summed E-state index contributed by atoms with van der Waals surface area (Å²) in [7, 11) is 1.55. The Morgan fingerprint density at radius 2 is 1.68 bits per heavy atom. The second-order valence-electron chi connectivity index (χ2n) is 6.88. The van der Waals surface area contributed by atoms with Gasteiger partial charge in [0, 0.05) is 5.56 Å². The smallest absolute Gasteiger partial charge is 0.305 e. The van der Waals surface area contributed by atoms with Crippen LogP contribution in [-0.2, 0) is 9.59 Å². The van der Waals surface area contributed by atoms with Crippen molar-refractivity contribution in [2.75, 3.05) is 13.6 Å². The van der Waals surface area contributed by atoms with Crippen molar-refractivity contribution in [2.45, 2.75) is 33.2 Å². The number of carbonyl (C=O) groups excluding carboxylic acids is 1. The van der Waals surface area contributed by atoms with Crippen LogP contribution < -0.4 is 10.6 Å². The van der Waals surface area contributed by atoms with E-state index in [1.54, 1.807) is 7.05 Å². The first-order valence-corrected chi connectivity index (χ1v) is 8.87. The van der Waals surface area contributed by atoms with Crippen LogP contribution in [0.1, 0.15) is 34.7 Å². The van der Waals surface area contributed by atoms with Crippen LogP contribution in [0.25, 0.3) is 11.1 Å². The molecule has 0 bridgehead atoms. The molecule has 0 spiro atoms. The van der Waals surface area contributed by atoms with Gasteiger partial charge in [0.25, 0.3) is 0 Å². The number of amides is 1. The molecule has 3 N–H and O–H groups in total. The maximum absolute atomic E-state index is 14.6. The fourth-order valence-corrected chi connectivity index (χ4v) is 3.46. The van der Waals surface area contributed by atoms with E-state index in [0.717, 1.165) is 28.3 Å². The lowest BCUT2D eigenvalue weighted by Crippen LogP contribution is -2.36. The molecule has 2 rings (SSSR count). The molecule has 1 atom stereocenters. The molecular formula is C21H24F2N2O3. The van der Waals surface area contributed by atoms with E-state index in [0.29, 0.717) is 5.56 Å². The van der Waals surface area contributed by atoms with Crippen LogP contribution in [0.3, 0.4) is 0 Å². The molecule has 0 fully saturated rings. The first-order chi connectivity index (χ1) is 13.1. The Morgan fingerprint density at radius 1 is 1.07 bits per heavy atom. The summed E-state index contributed by atoms with van der Waals surface area (Å²) in [6, 6.07) is 5.19. The second-order valence-corrected chi connectivity index (χ2v) is 6.88. The van der Waals surface area contributed by atoms with Crippen molar-refractivity contribution in [1.29, 1.82) is 0 Å². The number of rotatable bonds is 7. The second kappa shape index (κ2) is 8.93. The highest BCUT2D eigenvalue weighted by Gasteiger charge is 2.24. The molecule has 0 heterocycles. The van der Waals surface area contributed by atoms with Crippen molar-refractivity contribution in [3.63, 3.8) is 0 Å². The van der Waals surface area contributed by atoms with Crippen LogP contribution in [0.15, 0.2) is 24.3 Å². The molecule has 0 saturated heterocycles. The van der Waals surface area contributed by atoms with E-state index < -0.39 is 36.0 Å². The van der Waals surface area contributed by atoms with Crippen LogP contribution in [-0.4, -0.2) is 30.6 Å². The Bertz CT molecular complexity index is 890. The van der Waals surface area contributed by atoms with Crippen LogP contribution in [0.2, 0.25) is 0 Å². The number of aryl methyl sites for hydroxylation is 3. The number of nitrogens with one attached hydrogen (secondary N) is 2. The lowest BCUT2D eigenvalue weighted by atomic mass is 9.91. The van der Waals surface area contributed by atoms with E-state index in [1.807, 2.05) is 32.9 Å². The van der Waals surface area contributed by atoms with Crippen LogP contribution in [0.4, 0.5) is 8.78 Å². The number of aliphatic carboxylic acids is 1. The van der Waals surface area contributed by atoms with Crippen molar-refractivity contribution in [2.24, 2.45) is 0 Å². The Hall–Kier alpha value is -2.80. The maximum Gasteiger partial charge on any atom is 0.305 e. The van der Waals surface area contributed by atoms with E-state index >= 15 is 0 Å². The first kappa shape index (κ1) is 21.5. The molecule has 5 nitrogen and oxygen atoms in total. The predicted octanol–water partition coefficient (Wildman–Crippen LogP) is 3.41. The fourth-order valence-electron chi connectivity index (χ4n) is 3.46. The fraction of sp³-hybridized carbons (Fsp3) is 0.333. The Balaban J connectivity index is 2.60. The van der Waals surface area contributed by atoms with E-state index in [-0.39, 0.29) is 12.1 Å². The van der Waals surface area contributed by atoms with Crippen LogP contribution in [0.5, 0.6) is 0 Å². The monoisotopic (exact) mass is 390 g/mol. The summed E-state index contributed by atoms with van der Waals surface area (Å²) in [6.45, 7) is 5.62. The zero-order valence-electron chi connectivity index (χ0n) is 16.3. The summed E-state index contributed by atoms with van der Waals surface area (Å²) >= 11 is 0. The van der Waals surface area contributed by atoms with Gasteiger partial charge in [-0.25, -0.2) is 8.78 Å². The minimum absolute atomic E-state index is 0.0733. The summed E-state index contributed by atoms with van der Waals surface area (Å²) in [4.78, 5) is 23.2. The number of carbonyl (C=O) groups is 2. The standard InChI is InChI=1S/C21H24F2N2O3/c1-11-5-12(2)20(13(3)6-11)14-7-15(21(23)16(22)8-14)17(9-19(27)28)25-18(26)10-24-4/h5-8,17,24H,9-10H2,1-4H3,(H,25,26)(H,27,28). The van der Waals surface area contributed by atoms with Crippen molar-refractivity contribution < 1.29 is 23.5 Å². The van der Waals surface area contributed by atoms with Gasteiger partial charge < -0.3 is 15.7 Å². The summed E-state index contributed by atoms with van der Waals surface area (Å²) in [5.41, 5.74) is 3.82. The Labute approximate surface area is 162 Å². The summed E-state index contributed by atoms with van der Waals surface area (Å²) in [6.07, 6.45) is -0.568. The van der Waals surface area contributed by atoms with Gasteiger partial charge in [-0.05, 0) is 62.2 Å². The average Bonchev–Trinajstić information content (AvgIpc) is 2.56. The largest absolute Gasteiger partial charge is 0.481 e. The van der Waals surface area contributed by atoms with Gasteiger partial charge in [-0.2, -0.15) is 0 Å². The molecule has 1 unspecified atom stereocenters. The molecule has 1 amide bonds. The molecule has 2 aromatic rings. The minimum atomic E-state index is -1.23. The topological polar surface area (TPSA) is 78.4 Å². The van der Waals surface area contributed by atoms with Gasteiger partial charge in [-0.3, -0.25) is 9.59 Å². The molecule has 0 radical (unpaired) electrons. The third kappa shape index (κ3) is 4.92. The number of likely N-dealkylation sites (N-methyl/N-ethyl adjacent to an activating group) is 1. The summed E-state index contributed by atoms with van der Waals surface area (Å²) in [5.74, 6) is -4.00. The first-order valence-electron chi connectivity index (χ1n) is 8.87. The van der Waals surface area contributed by atoms with Crippen molar-refractivity contribution >= 4 is 11.9 Å². The molecule has 0 aliphatic rings. The molecular weight excluding hydrogens is 366 g/mol. The lowest BCUT2D eigenvalue weighted by Gasteiger charge is -2.20. The lowest BCUT2D eigenvalue weighted by molar-refractivity contribution is -0.137. The van der Waals surface area contributed by atoms with E-state index in [9.17, 15) is 23.5 Å². The van der Waals surface area contributed by atoms with Crippen molar-refractivity contribution in [1.82, 2.24) is 10.6 Å². The van der Waals surface area contributed by atoms with E-state index in [4.69, 9.17) is 0 Å². The summed E-state index contributed by atoms with van der Waals surface area (Å²) < 4.78 is 29.0. The third-order valence-corrected chi connectivity index (χ3v) is 4.45. The number of benzene rings is 2. The Morgan fingerprint density at radius 3 is 2.21 bits per heavy atom. The highest BCUT2D eigenvalue weighted by Crippen LogP contribution is 2.33. The SMILES string of the molecule is CNCC(=O)NC(CC(=O)O)c1cc(-c2c(C)cc(C)cc2C)cc(F)c1F. The molecule has 150 valence electrons. The molecule has 0 aliphatic heterocycles. The molecule has 0 aliphatic carbocycles. The zero-order valence-corrected chi connectivity index (χ0v) is 16.3. The van der Waals surface area contributed by atoms with Gasteiger partial charge in [0.05, 0.1) is 19.0 Å². The van der Waals surface area contributed by atoms with Gasteiger partial charge in [0.1, 0.15) is 0 Å². The van der Waals surface area contributed by atoms with E-state index in [2.05, 4.69) is 10.6 Å². The summed E-state index contributed by atoms with van der Waals surface area (Å²) in [5, 5.41) is 14.3. The molecule has 28 heavy (non-hydrogen) atoms. The van der Waals surface area contributed by atoms with Crippen LogP contribution >= 0.6 is 0 Å². The zero-order chi connectivity index (χ0) is 21.0. The quantitative estimate of drug-likeness (QED) is 0.677. The number of hydrogen-bond donors (Lipinski definition) is 3. The predicted molar refractivity (Wildman–Crippen MR) is 103 cm³/mol. The number of hydrogen-bond acceptors (Lipinski definition) is 3. The highest BCUT2D eigenvalue weighted by atomic mass is 19.2. The maximum atomic E-state index is 14.6. The number of halogens is 2. The van der Waals surface area contributed by atoms with Gasteiger partial charge in [0.15, 0.2) is 11.6 Å². The van der Waals surface area contributed by atoms with Gasteiger partial charge in [-0.15, -0.1) is 0 Å².